The van der Waals surface area contributed by atoms with Gasteiger partial charge in [0.15, 0.2) is 5.82 Å². The Morgan fingerprint density at radius 3 is 3.13 bits per heavy atom. The van der Waals surface area contributed by atoms with E-state index in [-0.39, 0.29) is 0 Å². The van der Waals surface area contributed by atoms with Gasteiger partial charge in [-0.15, -0.1) is 0 Å². The first-order chi connectivity index (χ1) is 7.28. The van der Waals surface area contributed by atoms with Crippen molar-refractivity contribution in [2.75, 3.05) is 13.1 Å². The van der Waals surface area contributed by atoms with Crippen molar-refractivity contribution in [3.8, 4) is 0 Å². The smallest absolute Gasteiger partial charge is 0.240 e. The fourth-order valence-corrected chi connectivity index (χ4v) is 1.88. The van der Waals surface area contributed by atoms with Gasteiger partial charge in [0.1, 0.15) is 0 Å². The summed E-state index contributed by atoms with van der Waals surface area (Å²) < 4.78 is 5.17. The average molecular weight is 210 g/mol. The lowest BCUT2D eigenvalue weighted by atomic mass is 10.3. The largest absolute Gasteiger partial charge is 0.338 e. The van der Waals surface area contributed by atoms with Crippen LogP contribution in [0.2, 0.25) is 0 Å². The fourth-order valence-electron chi connectivity index (χ4n) is 1.88. The number of aryl methyl sites for hydroxylation is 1. The van der Waals surface area contributed by atoms with E-state index in [0.717, 1.165) is 44.7 Å². The van der Waals surface area contributed by atoms with Crippen LogP contribution in [-0.4, -0.2) is 34.2 Å². The SMILES string of the molecule is CCCc1noc(CN2CCC(N)C2)n1. The van der Waals surface area contributed by atoms with Crippen LogP contribution in [0.1, 0.15) is 31.5 Å². The Morgan fingerprint density at radius 2 is 2.47 bits per heavy atom. The quantitative estimate of drug-likeness (QED) is 0.786. The van der Waals surface area contributed by atoms with Crippen molar-refractivity contribution in [1.29, 1.82) is 0 Å². The first-order valence-corrected chi connectivity index (χ1v) is 5.57. The van der Waals surface area contributed by atoms with Crippen molar-refractivity contribution in [2.24, 2.45) is 5.73 Å². The lowest BCUT2D eigenvalue weighted by molar-refractivity contribution is 0.265. The Hall–Kier alpha value is -0.940. The molecular weight excluding hydrogens is 192 g/mol. The summed E-state index contributed by atoms with van der Waals surface area (Å²) in [5, 5.41) is 3.92. The van der Waals surface area contributed by atoms with Crippen LogP contribution in [0.3, 0.4) is 0 Å². The van der Waals surface area contributed by atoms with Gasteiger partial charge in [-0.1, -0.05) is 12.1 Å². The topological polar surface area (TPSA) is 68.2 Å². The molecule has 1 fully saturated rings. The highest BCUT2D eigenvalue weighted by Crippen LogP contribution is 2.11. The summed E-state index contributed by atoms with van der Waals surface area (Å²) >= 11 is 0. The number of likely N-dealkylation sites (tertiary alicyclic amines) is 1. The second-order valence-corrected chi connectivity index (χ2v) is 4.14. The monoisotopic (exact) mass is 210 g/mol. The van der Waals surface area contributed by atoms with E-state index in [1.807, 2.05) is 0 Å². The molecule has 5 heteroatoms. The normalized spacial score (nSPS) is 22.4. The minimum atomic E-state index is 0.308. The summed E-state index contributed by atoms with van der Waals surface area (Å²) in [6, 6.07) is 0.308. The third-order valence-corrected chi connectivity index (χ3v) is 2.65. The maximum Gasteiger partial charge on any atom is 0.240 e. The van der Waals surface area contributed by atoms with E-state index >= 15 is 0 Å². The maximum absolute atomic E-state index is 5.82. The van der Waals surface area contributed by atoms with Gasteiger partial charge in [0, 0.05) is 25.6 Å². The van der Waals surface area contributed by atoms with Crippen molar-refractivity contribution in [3.05, 3.63) is 11.7 Å². The van der Waals surface area contributed by atoms with Gasteiger partial charge in [0.2, 0.25) is 5.89 Å². The Bertz CT molecular complexity index is 312. The summed E-state index contributed by atoms with van der Waals surface area (Å²) in [4.78, 5) is 6.59. The number of hydrogen-bond donors (Lipinski definition) is 1. The molecule has 0 radical (unpaired) electrons. The number of rotatable bonds is 4. The molecule has 1 unspecified atom stereocenters. The Kier molecular flexibility index (Phi) is 3.33. The van der Waals surface area contributed by atoms with Crippen molar-refractivity contribution >= 4 is 0 Å². The standard InChI is InChI=1S/C10H18N4O/c1-2-3-9-12-10(15-13-9)7-14-5-4-8(11)6-14/h8H,2-7,11H2,1H3. The molecule has 1 aliphatic rings. The zero-order valence-electron chi connectivity index (χ0n) is 9.15. The van der Waals surface area contributed by atoms with Gasteiger partial charge in [-0.2, -0.15) is 4.98 Å². The Balaban J connectivity index is 1.87. The fraction of sp³-hybridized carbons (Fsp3) is 0.800. The van der Waals surface area contributed by atoms with Gasteiger partial charge >= 0.3 is 0 Å². The zero-order valence-corrected chi connectivity index (χ0v) is 9.15. The van der Waals surface area contributed by atoms with Crippen LogP contribution in [-0.2, 0) is 13.0 Å². The molecule has 0 aliphatic carbocycles. The Morgan fingerprint density at radius 1 is 1.60 bits per heavy atom. The average Bonchev–Trinajstić information content (AvgIpc) is 2.78. The number of nitrogens with zero attached hydrogens (tertiary/aromatic N) is 3. The molecule has 0 aromatic carbocycles. The molecule has 2 N–H and O–H groups in total. The molecule has 1 aromatic heterocycles. The van der Waals surface area contributed by atoms with Crippen molar-refractivity contribution in [1.82, 2.24) is 15.0 Å². The summed E-state index contributed by atoms with van der Waals surface area (Å²) in [7, 11) is 0. The highest BCUT2D eigenvalue weighted by molar-refractivity contribution is 4.88. The second-order valence-electron chi connectivity index (χ2n) is 4.14. The van der Waals surface area contributed by atoms with E-state index in [1.165, 1.54) is 0 Å². The molecule has 1 aliphatic heterocycles. The number of nitrogens with two attached hydrogens (primary N) is 1. The van der Waals surface area contributed by atoms with Crippen LogP contribution in [0, 0.1) is 0 Å². The molecule has 15 heavy (non-hydrogen) atoms. The van der Waals surface area contributed by atoms with E-state index in [2.05, 4.69) is 22.0 Å². The predicted octanol–water partition coefficient (Wildman–Crippen LogP) is 0.555. The molecule has 0 bridgehead atoms. The predicted molar refractivity (Wildman–Crippen MR) is 56.2 cm³/mol. The number of hydrogen-bond acceptors (Lipinski definition) is 5. The first-order valence-electron chi connectivity index (χ1n) is 5.57. The third kappa shape index (κ3) is 2.76. The molecule has 0 amide bonds. The summed E-state index contributed by atoms with van der Waals surface area (Å²) in [5.74, 6) is 1.53. The molecule has 84 valence electrons. The van der Waals surface area contributed by atoms with Crippen LogP contribution >= 0.6 is 0 Å². The second kappa shape index (κ2) is 4.72. The van der Waals surface area contributed by atoms with Gasteiger partial charge in [-0.3, -0.25) is 4.90 Å². The summed E-state index contributed by atoms with van der Waals surface area (Å²) in [5.41, 5.74) is 5.82. The molecule has 0 spiro atoms. The molecule has 5 nitrogen and oxygen atoms in total. The maximum atomic E-state index is 5.82. The molecule has 1 saturated heterocycles. The van der Waals surface area contributed by atoms with Crippen molar-refractivity contribution < 1.29 is 4.52 Å². The highest BCUT2D eigenvalue weighted by atomic mass is 16.5. The van der Waals surface area contributed by atoms with Crippen LogP contribution < -0.4 is 5.73 Å². The van der Waals surface area contributed by atoms with E-state index in [0.29, 0.717) is 11.9 Å². The minimum Gasteiger partial charge on any atom is -0.338 e. The molecule has 2 heterocycles. The summed E-state index contributed by atoms with van der Waals surface area (Å²) in [6.45, 7) is 4.82. The highest BCUT2D eigenvalue weighted by Gasteiger charge is 2.20. The molecule has 1 atom stereocenters. The number of aromatic nitrogens is 2. The molecule has 1 aromatic rings. The zero-order chi connectivity index (χ0) is 10.7. The molecule has 2 rings (SSSR count). The molecular formula is C10H18N4O. The van der Waals surface area contributed by atoms with E-state index in [9.17, 15) is 0 Å². The van der Waals surface area contributed by atoms with Crippen molar-refractivity contribution in [2.45, 2.75) is 38.8 Å². The lowest BCUT2D eigenvalue weighted by Crippen LogP contribution is -2.26. The molecule has 0 saturated carbocycles. The lowest BCUT2D eigenvalue weighted by Gasteiger charge is -2.10. The van der Waals surface area contributed by atoms with Gasteiger partial charge in [0.25, 0.3) is 0 Å². The van der Waals surface area contributed by atoms with Crippen molar-refractivity contribution in [3.63, 3.8) is 0 Å². The Labute approximate surface area is 89.6 Å². The van der Waals surface area contributed by atoms with Crippen LogP contribution in [0.15, 0.2) is 4.52 Å². The van der Waals surface area contributed by atoms with E-state index in [4.69, 9.17) is 10.3 Å². The van der Waals surface area contributed by atoms with Gasteiger partial charge in [0.05, 0.1) is 6.54 Å². The van der Waals surface area contributed by atoms with Crippen LogP contribution in [0.25, 0.3) is 0 Å². The van der Waals surface area contributed by atoms with Gasteiger partial charge < -0.3 is 10.3 Å². The van der Waals surface area contributed by atoms with E-state index in [1.54, 1.807) is 0 Å². The first kappa shape index (κ1) is 10.6. The summed E-state index contributed by atoms with van der Waals surface area (Å²) in [6.07, 6.45) is 3.01. The van der Waals surface area contributed by atoms with E-state index < -0.39 is 0 Å². The van der Waals surface area contributed by atoms with Gasteiger partial charge in [-0.25, -0.2) is 0 Å². The van der Waals surface area contributed by atoms with Crippen LogP contribution in [0.5, 0.6) is 0 Å². The van der Waals surface area contributed by atoms with Crippen LogP contribution in [0.4, 0.5) is 0 Å². The minimum absolute atomic E-state index is 0.308. The van der Waals surface area contributed by atoms with Gasteiger partial charge in [-0.05, 0) is 12.8 Å². The third-order valence-electron chi connectivity index (χ3n) is 2.65.